The molecule has 0 spiro atoms. The van der Waals surface area contributed by atoms with Crippen molar-refractivity contribution in [3.05, 3.63) is 75.6 Å². The number of nitrogens with one attached hydrogen (secondary N) is 1. The molecule has 2 aromatic carbocycles. The molecule has 1 aromatic heterocycles. The lowest BCUT2D eigenvalue weighted by Gasteiger charge is -2.29. The molecule has 1 saturated heterocycles. The molecule has 0 saturated carbocycles. The summed E-state index contributed by atoms with van der Waals surface area (Å²) >= 11 is 0. The van der Waals surface area contributed by atoms with Gasteiger partial charge in [-0.05, 0) is 36.2 Å². The zero-order valence-corrected chi connectivity index (χ0v) is 18.6. The lowest BCUT2D eigenvalue weighted by atomic mass is 10.1. The van der Waals surface area contributed by atoms with Crippen LogP contribution in [-0.2, 0) is 17.8 Å². The van der Waals surface area contributed by atoms with Gasteiger partial charge in [-0.25, -0.2) is 8.78 Å². The van der Waals surface area contributed by atoms with Crippen LogP contribution in [0.3, 0.4) is 0 Å². The van der Waals surface area contributed by atoms with E-state index in [-0.39, 0.29) is 23.3 Å². The van der Waals surface area contributed by atoms with Crippen molar-refractivity contribution in [1.82, 2.24) is 9.88 Å². The van der Waals surface area contributed by atoms with E-state index in [1.54, 1.807) is 16.7 Å². The van der Waals surface area contributed by atoms with Crippen LogP contribution in [0, 0.1) is 11.6 Å². The van der Waals surface area contributed by atoms with Crippen molar-refractivity contribution in [3.8, 4) is 0 Å². The number of morpholine rings is 1. The summed E-state index contributed by atoms with van der Waals surface area (Å²) in [6.07, 6.45) is 3.24. The van der Waals surface area contributed by atoms with E-state index in [4.69, 9.17) is 4.74 Å². The number of rotatable bonds is 7. The Labute approximate surface area is 190 Å². The zero-order chi connectivity index (χ0) is 23.4. The predicted molar refractivity (Wildman–Crippen MR) is 124 cm³/mol. The second kappa shape index (κ2) is 10.1. The quantitative estimate of drug-likeness (QED) is 0.588. The average molecular weight is 456 g/mol. The van der Waals surface area contributed by atoms with E-state index in [2.05, 4.69) is 5.32 Å². The third-order valence-electron chi connectivity index (χ3n) is 5.86. The first-order chi connectivity index (χ1) is 16.0. The summed E-state index contributed by atoms with van der Waals surface area (Å²) in [7, 11) is 0. The van der Waals surface area contributed by atoms with E-state index in [0.717, 1.165) is 12.8 Å². The van der Waals surface area contributed by atoms with Crippen LogP contribution >= 0.6 is 0 Å². The van der Waals surface area contributed by atoms with Crippen LogP contribution in [0.15, 0.2) is 47.4 Å². The number of anilines is 1. The normalized spacial score (nSPS) is 14.0. The summed E-state index contributed by atoms with van der Waals surface area (Å²) in [6, 6.07) is 8.90. The zero-order valence-electron chi connectivity index (χ0n) is 18.6. The van der Waals surface area contributed by atoms with E-state index in [0.29, 0.717) is 49.6 Å². The van der Waals surface area contributed by atoms with Crippen LogP contribution in [0.5, 0.6) is 0 Å². The van der Waals surface area contributed by atoms with Crippen molar-refractivity contribution in [2.24, 2.45) is 0 Å². The molecule has 0 aliphatic carbocycles. The number of carbonyl (C=O) groups excluding carboxylic acids is 1. The molecule has 33 heavy (non-hydrogen) atoms. The maximum Gasteiger partial charge on any atom is 0.257 e. The molecule has 0 atom stereocenters. The summed E-state index contributed by atoms with van der Waals surface area (Å²) in [4.78, 5) is 28.1. The van der Waals surface area contributed by atoms with Gasteiger partial charge in [-0.3, -0.25) is 9.59 Å². The Balaban J connectivity index is 1.71. The van der Waals surface area contributed by atoms with Crippen LogP contribution in [0.1, 0.15) is 35.7 Å². The first-order valence-electron chi connectivity index (χ1n) is 11.2. The molecule has 8 heteroatoms. The van der Waals surface area contributed by atoms with Gasteiger partial charge in [0.05, 0.1) is 24.1 Å². The number of nitrogens with zero attached hydrogens (tertiary/aromatic N) is 2. The highest BCUT2D eigenvalue weighted by atomic mass is 19.1. The number of pyridine rings is 1. The fourth-order valence-electron chi connectivity index (χ4n) is 4.01. The molecular formula is C25H27F2N3O3. The van der Waals surface area contributed by atoms with Crippen molar-refractivity contribution in [1.29, 1.82) is 0 Å². The highest BCUT2D eigenvalue weighted by Crippen LogP contribution is 2.25. The van der Waals surface area contributed by atoms with E-state index < -0.39 is 17.2 Å². The van der Waals surface area contributed by atoms with Crippen molar-refractivity contribution >= 4 is 22.5 Å². The number of carbonyl (C=O) groups is 1. The Bertz CT molecular complexity index is 1200. The predicted octanol–water partition coefficient (Wildman–Crippen LogP) is 3.85. The summed E-state index contributed by atoms with van der Waals surface area (Å²) in [5.74, 6) is -1.60. The molecule has 0 bridgehead atoms. The topological polar surface area (TPSA) is 63.6 Å². The molecule has 1 aliphatic heterocycles. The van der Waals surface area contributed by atoms with Crippen molar-refractivity contribution in [2.75, 3.05) is 31.2 Å². The molecule has 0 radical (unpaired) electrons. The van der Waals surface area contributed by atoms with Gasteiger partial charge in [-0.15, -0.1) is 0 Å². The SMILES string of the molecule is CCCCn1cc(C(=O)NCc2ccc(F)cc2)c(=O)c2c(F)cc(N3CCOCC3)cc21. The molecule has 3 aromatic rings. The van der Waals surface area contributed by atoms with Crippen LogP contribution in [0.2, 0.25) is 0 Å². The van der Waals surface area contributed by atoms with Crippen molar-refractivity contribution in [2.45, 2.75) is 32.9 Å². The molecule has 174 valence electrons. The van der Waals surface area contributed by atoms with Crippen molar-refractivity contribution < 1.29 is 18.3 Å². The van der Waals surface area contributed by atoms with Gasteiger partial charge in [0.2, 0.25) is 5.43 Å². The van der Waals surface area contributed by atoms with Gasteiger partial charge in [-0.2, -0.15) is 0 Å². The van der Waals surface area contributed by atoms with E-state index in [9.17, 15) is 14.0 Å². The summed E-state index contributed by atoms with van der Waals surface area (Å²) in [5.41, 5.74) is 1.11. The smallest absolute Gasteiger partial charge is 0.257 e. The number of halogens is 2. The molecule has 1 N–H and O–H groups in total. The summed E-state index contributed by atoms with van der Waals surface area (Å²) < 4.78 is 35.5. The fourth-order valence-corrected chi connectivity index (χ4v) is 4.01. The number of hydrogen-bond donors (Lipinski definition) is 1. The average Bonchev–Trinajstić information content (AvgIpc) is 2.83. The third kappa shape index (κ3) is 5.06. The number of amides is 1. The standard InChI is InChI=1S/C25H27F2N3O3/c1-2-3-8-30-16-20(25(32)28-15-17-4-6-18(26)7-5-17)24(31)23-21(27)13-19(14-22(23)30)29-9-11-33-12-10-29/h4-7,13-14,16H,2-3,8-12,15H2,1H3,(H,28,32). The lowest BCUT2D eigenvalue weighted by molar-refractivity contribution is 0.0949. The Hall–Kier alpha value is -3.26. The lowest BCUT2D eigenvalue weighted by Crippen LogP contribution is -2.36. The Kier molecular flexibility index (Phi) is 7.03. The minimum absolute atomic E-state index is 0.0856. The number of aromatic nitrogens is 1. The molecule has 1 fully saturated rings. The highest BCUT2D eigenvalue weighted by molar-refractivity contribution is 5.98. The monoisotopic (exact) mass is 455 g/mol. The second-order valence-corrected chi connectivity index (χ2v) is 8.15. The number of ether oxygens (including phenoxy) is 1. The van der Waals surface area contributed by atoms with Crippen LogP contribution in [-0.4, -0.2) is 36.8 Å². The first kappa shape index (κ1) is 22.9. The van der Waals surface area contributed by atoms with E-state index in [1.807, 2.05) is 17.9 Å². The van der Waals surface area contributed by atoms with Crippen LogP contribution < -0.4 is 15.6 Å². The van der Waals surface area contributed by atoms with Gasteiger partial charge in [-0.1, -0.05) is 25.5 Å². The number of fused-ring (bicyclic) bond motifs is 1. The Morgan fingerprint density at radius 2 is 1.85 bits per heavy atom. The minimum Gasteiger partial charge on any atom is -0.378 e. The van der Waals surface area contributed by atoms with Crippen LogP contribution in [0.4, 0.5) is 14.5 Å². The molecule has 1 amide bonds. The Morgan fingerprint density at radius 1 is 1.12 bits per heavy atom. The summed E-state index contributed by atoms with van der Waals surface area (Å²) in [6.45, 7) is 5.15. The van der Waals surface area contributed by atoms with Gasteiger partial charge in [0.1, 0.15) is 17.2 Å². The van der Waals surface area contributed by atoms with Gasteiger partial charge in [0.15, 0.2) is 0 Å². The Morgan fingerprint density at radius 3 is 2.55 bits per heavy atom. The number of hydrogen-bond acceptors (Lipinski definition) is 4. The van der Waals surface area contributed by atoms with Crippen LogP contribution in [0.25, 0.3) is 10.9 Å². The third-order valence-corrected chi connectivity index (χ3v) is 5.86. The van der Waals surface area contributed by atoms with Gasteiger partial charge >= 0.3 is 0 Å². The summed E-state index contributed by atoms with van der Waals surface area (Å²) in [5, 5.41) is 2.60. The van der Waals surface area contributed by atoms with Gasteiger partial charge in [0.25, 0.3) is 5.91 Å². The number of benzene rings is 2. The maximum absolute atomic E-state index is 15.3. The van der Waals surface area contributed by atoms with E-state index >= 15 is 4.39 Å². The molecule has 4 rings (SSSR count). The number of aryl methyl sites for hydroxylation is 1. The fraction of sp³-hybridized carbons (Fsp3) is 0.360. The molecular weight excluding hydrogens is 428 g/mol. The highest BCUT2D eigenvalue weighted by Gasteiger charge is 2.21. The molecule has 1 aliphatic rings. The molecule has 6 nitrogen and oxygen atoms in total. The molecule has 2 heterocycles. The number of unbranched alkanes of at least 4 members (excludes halogenated alkanes) is 1. The minimum atomic E-state index is -0.641. The van der Waals surface area contributed by atoms with Gasteiger partial charge in [0, 0.05) is 38.1 Å². The van der Waals surface area contributed by atoms with E-state index in [1.165, 1.54) is 24.4 Å². The molecule has 0 unspecified atom stereocenters. The first-order valence-corrected chi connectivity index (χ1v) is 11.2. The second-order valence-electron chi connectivity index (χ2n) is 8.15. The van der Waals surface area contributed by atoms with Crippen molar-refractivity contribution in [3.63, 3.8) is 0 Å². The maximum atomic E-state index is 15.3. The van der Waals surface area contributed by atoms with Gasteiger partial charge < -0.3 is 19.5 Å². The largest absolute Gasteiger partial charge is 0.378 e.